The Balaban J connectivity index is 3.69. The zero-order chi connectivity index (χ0) is 11.7. The smallest absolute Gasteiger partial charge is 0.319 e. The van der Waals surface area contributed by atoms with Gasteiger partial charge in [0.05, 0.1) is 31.9 Å². The van der Waals surface area contributed by atoms with Crippen molar-refractivity contribution in [2.75, 3.05) is 26.4 Å². The molecule has 0 spiro atoms. The number of rotatable bonds is 8. The highest BCUT2D eigenvalue weighted by Gasteiger charge is 2.22. The average Bonchev–Trinajstić information content (AvgIpc) is 2.26. The van der Waals surface area contributed by atoms with Crippen LogP contribution in [-0.2, 0) is 9.53 Å². The third kappa shape index (κ3) is 6.43. The number of esters is 1. The first-order valence-corrected chi connectivity index (χ1v) is 5.20. The number of aliphatic hydroxyl groups excluding tert-OH is 2. The topological polar surface area (TPSA) is 78.8 Å². The molecule has 0 bridgehead atoms. The summed E-state index contributed by atoms with van der Waals surface area (Å²) in [5.41, 5.74) is -0.830. The Labute approximate surface area is 90.4 Å². The Morgan fingerprint density at radius 1 is 1.40 bits per heavy atom. The van der Waals surface area contributed by atoms with Gasteiger partial charge < -0.3 is 14.9 Å². The quantitative estimate of drug-likeness (QED) is 0.384. The van der Waals surface area contributed by atoms with E-state index in [2.05, 4.69) is 5.32 Å². The monoisotopic (exact) mass is 219 g/mol. The van der Waals surface area contributed by atoms with Gasteiger partial charge in [-0.05, 0) is 13.3 Å². The van der Waals surface area contributed by atoms with Gasteiger partial charge in [-0.2, -0.15) is 0 Å². The van der Waals surface area contributed by atoms with E-state index in [9.17, 15) is 4.79 Å². The van der Waals surface area contributed by atoms with Crippen LogP contribution >= 0.6 is 0 Å². The van der Waals surface area contributed by atoms with Crippen molar-refractivity contribution in [1.29, 1.82) is 0 Å². The first-order valence-electron chi connectivity index (χ1n) is 5.20. The normalized spacial score (nSPS) is 11.5. The maximum absolute atomic E-state index is 11.1. The van der Waals surface area contributed by atoms with Crippen LogP contribution in [0.4, 0.5) is 0 Å². The molecule has 0 aliphatic heterocycles. The van der Waals surface area contributed by atoms with Crippen molar-refractivity contribution in [2.24, 2.45) is 0 Å². The number of carbonyl (C=O) groups excluding carboxylic acids is 1. The van der Waals surface area contributed by atoms with E-state index in [1.165, 1.54) is 0 Å². The zero-order valence-corrected chi connectivity index (χ0v) is 9.45. The minimum atomic E-state index is -0.830. The Morgan fingerprint density at radius 3 is 2.47 bits per heavy atom. The summed E-state index contributed by atoms with van der Waals surface area (Å²) in [6.07, 6.45) is 1.83. The third-order valence-electron chi connectivity index (χ3n) is 2.12. The Hall–Kier alpha value is -0.650. The summed E-state index contributed by atoms with van der Waals surface area (Å²) in [7, 11) is 0. The summed E-state index contributed by atoms with van der Waals surface area (Å²) < 4.78 is 4.90. The van der Waals surface area contributed by atoms with Gasteiger partial charge in [0, 0.05) is 0 Å². The Morgan fingerprint density at radius 2 is 2.00 bits per heavy atom. The Bertz CT molecular complexity index is 180. The van der Waals surface area contributed by atoms with Gasteiger partial charge in [0.25, 0.3) is 0 Å². The molecule has 0 saturated carbocycles. The molecule has 0 rings (SSSR count). The standard InChI is InChI=1S/C10H21NO4/c1-3-4-5-15-9(14)6-11-10(2,7-12)8-13/h11-13H,3-8H2,1-2H3. The molecule has 90 valence electrons. The molecule has 0 atom stereocenters. The third-order valence-corrected chi connectivity index (χ3v) is 2.12. The molecule has 5 nitrogen and oxygen atoms in total. The van der Waals surface area contributed by atoms with Crippen LogP contribution in [0.1, 0.15) is 26.7 Å². The fourth-order valence-corrected chi connectivity index (χ4v) is 0.829. The number of nitrogens with one attached hydrogen (secondary N) is 1. The molecule has 0 aliphatic carbocycles. The second-order valence-corrected chi connectivity index (χ2v) is 3.80. The lowest BCUT2D eigenvalue weighted by atomic mass is 10.1. The molecule has 15 heavy (non-hydrogen) atoms. The van der Waals surface area contributed by atoms with E-state index in [4.69, 9.17) is 14.9 Å². The van der Waals surface area contributed by atoms with Crippen LogP contribution in [0.5, 0.6) is 0 Å². The van der Waals surface area contributed by atoms with Crippen molar-refractivity contribution in [3.8, 4) is 0 Å². The highest BCUT2D eigenvalue weighted by molar-refractivity contribution is 5.71. The summed E-state index contributed by atoms with van der Waals surface area (Å²) in [6, 6.07) is 0. The number of ether oxygens (including phenoxy) is 1. The van der Waals surface area contributed by atoms with Crippen LogP contribution in [0.25, 0.3) is 0 Å². The second-order valence-electron chi connectivity index (χ2n) is 3.80. The van der Waals surface area contributed by atoms with E-state index in [1.807, 2.05) is 6.92 Å². The van der Waals surface area contributed by atoms with Gasteiger partial charge in [-0.15, -0.1) is 0 Å². The van der Waals surface area contributed by atoms with E-state index >= 15 is 0 Å². The van der Waals surface area contributed by atoms with Crippen molar-refractivity contribution in [2.45, 2.75) is 32.2 Å². The van der Waals surface area contributed by atoms with E-state index in [0.717, 1.165) is 12.8 Å². The maximum atomic E-state index is 11.1. The van der Waals surface area contributed by atoms with E-state index in [-0.39, 0.29) is 25.7 Å². The summed E-state index contributed by atoms with van der Waals surface area (Å²) >= 11 is 0. The minimum absolute atomic E-state index is 0.00132. The molecule has 0 saturated heterocycles. The van der Waals surface area contributed by atoms with Crippen molar-refractivity contribution >= 4 is 5.97 Å². The maximum Gasteiger partial charge on any atom is 0.319 e. The summed E-state index contributed by atoms with van der Waals surface area (Å²) in [4.78, 5) is 11.1. The van der Waals surface area contributed by atoms with Gasteiger partial charge in [-0.3, -0.25) is 10.1 Å². The molecule has 0 fully saturated rings. The molecule has 0 aromatic carbocycles. The van der Waals surface area contributed by atoms with Crippen LogP contribution in [0, 0.1) is 0 Å². The molecule has 0 aromatic rings. The lowest BCUT2D eigenvalue weighted by Gasteiger charge is -2.25. The van der Waals surface area contributed by atoms with Crippen LogP contribution < -0.4 is 5.32 Å². The number of hydrogen-bond acceptors (Lipinski definition) is 5. The molecular weight excluding hydrogens is 198 g/mol. The fourth-order valence-electron chi connectivity index (χ4n) is 0.829. The molecule has 0 amide bonds. The predicted octanol–water partition coefficient (Wildman–Crippen LogP) is -0.337. The number of unbranched alkanes of at least 4 members (excludes halogenated alkanes) is 1. The molecule has 0 radical (unpaired) electrons. The van der Waals surface area contributed by atoms with E-state index in [0.29, 0.717) is 6.61 Å². The Kier molecular flexibility index (Phi) is 7.29. The van der Waals surface area contributed by atoms with E-state index in [1.54, 1.807) is 6.92 Å². The fraction of sp³-hybridized carbons (Fsp3) is 0.900. The van der Waals surface area contributed by atoms with Crippen LogP contribution in [0.15, 0.2) is 0 Å². The highest BCUT2D eigenvalue weighted by atomic mass is 16.5. The lowest BCUT2D eigenvalue weighted by molar-refractivity contribution is -0.143. The van der Waals surface area contributed by atoms with Gasteiger partial charge in [0.1, 0.15) is 0 Å². The molecule has 0 aliphatic rings. The number of carbonyl (C=O) groups is 1. The second kappa shape index (κ2) is 7.62. The van der Waals surface area contributed by atoms with Crippen LogP contribution in [-0.4, -0.2) is 48.1 Å². The van der Waals surface area contributed by atoms with Gasteiger partial charge in [0.2, 0.25) is 0 Å². The largest absolute Gasteiger partial charge is 0.465 e. The molecule has 0 heterocycles. The van der Waals surface area contributed by atoms with Gasteiger partial charge in [-0.25, -0.2) is 0 Å². The number of hydrogen-bond donors (Lipinski definition) is 3. The van der Waals surface area contributed by atoms with Crippen molar-refractivity contribution in [3.63, 3.8) is 0 Å². The SMILES string of the molecule is CCCCOC(=O)CNC(C)(CO)CO. The van der Waals surface area contributed by atoms with Gasteiger partial charge in [-0.1, -0.05) is 13.3 Å². The van der Waals surface area contributed by atoms with E-state index < -0.39 is 5.54 Å². The average molecular weight is 219 g/mol. The first kappa shape index (κ1) is 14.3. The summed E-state index contributed by atoms with van der Waals surface area (Å²) in [5, 5.41) is 20.6. The molecule has 0 aromatic heterocycles. The molecular formula is C10H21NO4. The zero-order valence-electron chi connectivity index (χ0n) is 9.45. The summed E-state index contributed by atoms with van der Waals surface area (Å²) in [6.45, 7) is 3.61. The predicted molar refractivity (Wildman–Crippen MR) is 56.4 cm³/mol. The van der Waals surface area contributed by atoms with Gasteiger partial charge >= 0.3 is 5.97 Å². The summed E-state index contributed by atoms with van der Waals surface area (Å²) in [5.74, 6) is -0.364. The molecule has 3 N–H and O–H groups in total. The molecule has 0 unspecified atom stereocenters. The minimum Gasteiger partial charge on any atom is -0.465 e. The highest BCUT2D eigenvalue weighted by Crippen LogP contribution is 1.99. The van der Waals surface area contributed by atoms with Crippen molar-refractivity contribution < 1.29 is 19.7 Å². The van der Waals surface area contributed by atoms with Crippen LogP contribution in [0.3, 0.4) is 0 Å². The van der Waals surface area contributed by atoms with Crippen molar-refractivity contribution in [1.82, 2.24) is 5.32 Å². The first-order chi connectivity index (χ1) is 7.08. The van der Waals surface area contributed by atoms with Crippen molar-refractivity contribution in [3.05, 3.63) is 0 Å². The molecule has 5 heteroatoms. The number of aliphatic hydroxyl groups is 2. The van der Waals surface area contributed by atoms with Gasteiger partial charge in [0.15, 0.2) is 0 Å². The lowest BCUT2D eigenvalue weighted by Crippen LogP contribution is -2.51. The van der Waals surface area contributed by atoms with Crippen LogP contribution in [0.2, 0.25) is 0 Å².